The number of para-hydroxylation sites is 1. The molecule has 0 aliphatic heterocycles. The predicted molar refractivity (Wildman–Crippen MR) is 115 cm³/mol. The summed E-state index contributed by atoms with van der Waals surface area (Å²) >= 11 is 1.36. The number of aromatic nitrogens is 1. The minimum absolute atomic E-state index is 0.173. The van der Waals surface area contributed by atoms with E-state index in [9.17, 15) is 14.4 Å². The first-order valence-corrected chi connectivity index (χ1v) is 9.87. The molecule has 4 aromatic rings. The fourth-order valence-corrected chi connectivity index (χ4v) is 4.20. The summed E-state index contributed by atoms with van der Waals surface area (Å²) in [7, 11) is 1.39. The van der Waals surface area contributed by atoms with Crippen molar-refractivity contribution >= 4 is 50.1 Å². The van der Waals surface area contributed by atoms with E-state index < -0.39 is 30.7 Å². The third-order valence-electron chi connectivity index (χ3n) is 4.55. The quantitative estimate of drug-likeness (QED) is 0.416. The summed E-state index contributed by atoms with van der Waals surface area (Å²) in [5.74, 6) is -2.17. The van der Waals surface area contributed by atoms with Crippen molar-refractivity contribution < 1.29 is 29.0 Å². The number of benzene rings is 2. The molecule has 0 saturated heterocycles. The van der Waals surface area contributed by atoms with Crippen LogP contribution in [0.2, 0.25) is 0 Å². The van der Waals surface area contributed by atoms with Gasteiger partial charge >= 0.3 is 17.6 Å². The van der Waals surface area contributed by atoms with Crippen LogP contribution >= 0.6 is 11.3 Å². The lowest BCUT2D eigenvalue weighted by Crippen LogP contribution is -2.34. The molecule has 0 spiro atoms. The van der Waals surface area contributed by atoms with Crippen LogP contribution in [0, 0.1) is 0 Å². The summed E-state index contributed by atoms with van der Waals surface area (Å²) in [6.45, 7) is -1.13. The highest BCUT2D eigenvalue weighted by Crippen LogP contribution is 2.35. The van der Waals surface area contributed by atoms with Gasteiger partial charge in [0, 0.05) is 11.5 Å². The second-order valence-corrected chi connectivity index (χ2v) is 7.67. The lowest BCUT2D eigenvalue weighted by Gasteiger charge is -2.23. The number of rotatable bonds is 7. The zero-order valence-corrected chi connectivity index (χ0v) is 17.0. The second-order valence-electron chi connectivity index (χ2n) is 6.64. The molecule has 0 bridgehead atoms. The third-order valence-corrected chi connectivity index (χ3v) is 5.62. The zero-order valence-electron chi connectivity index (χ0n) is 16.2. The first kappa shape index (κ1) is 20.4. The first-order valence-electron chi connectivity index (χ1n) is 9.06. The number of carboxylic acid groups (broad SMARTS) is 2. The van der Waals surface area contributed by atoms with Gasteiger partial charge in [-0.3, -0.25) is 9.59 Å². The number of carbonyl (C=O) groups is 2. The van der Waals surface area contributed by atoms with E-state index in [0.717, 1.165) is 15.1 Å². The Bertz CT molecular complexity index is 1330. The van der Waals surface area contributed by atoms with E-state index in [4.69, 9.17) is 19.4 Å². The van der Waals surface area contributed by atoms with Crippen molar-refractivity contribution in [2.45, 2.75) is 0 Å². The Hall–Kier alpha value is -3.92. The van der Waals surface area contributed by atoms with E-state index >= 15 is 0 Å². The summed E-state index contributed by atoms with van der Waals surface area (Å²) in [5.41, 5.74) is 0.817. The SMILES string of the molecule is COc1cc2cc(-c3nc4ccccc4s3)c(=O)oc2cc1N(CC(=O)O)CC(=O)O. The van der Waals surface area contributed by atoms with E-state index in [1.807, 2.05) is 24.3 Å². The fourth-order valence-electron chi connectivity index (χ4n) is 3.24. The van der Waals surface area contributed by atoms with Crippen molar-refractivity contribution in [1.82, 2.24) is 4.98 Å². The van der Waals surface area contributed by atoms with E-state index in [1.165, 1.54) is 24.5 Å². The molecule has 0 radical (unpaired) electrons. The number of hydrogen-bond acceptors (Lipinski definition) is 8. The van der Waals surface area contributed by atoms with Crippen molar-refractivity contribution in [2.24, 2.45) is 0 Å². The highest BCUT2D eigenvalue weighted by Gasteiger charge is 2.21. The molecule has 2 aromatic carbocycles. The number of thiazole rings is 1. The van der Waals surface area contributed by atoms with Crippen LogP contribution in [-0.2, 0) is 9.59 Å². The Morgan fingerprint density at radius 1 is 1.13 bits per heavy atom. The predicted octanol–water partition coefficient (Wildman–Crippen LogP) is 3.05. The van der Waals surface area contributed by atoms with Crippen molar-refractivity contribution in [3.8, 4) is 16.3 Å². The van der Waals surface area contributed by atoms with E-state index in [0.29, 0.717) is 10.4 Å². The molecule has 0 aliphatic carbocycles. The number of carboxylic acids is 2. The molecule has 158 valence electrons. The van der Waals surface area contributed by atoms with Gasteiger partial charge in [-0.25, -0.2) is 9.78 Å². The molecule has 4 rings (SSSR count). The molecule has 0 aliphatic rings. The molecular formula is C21H16N2O7S. The maximum absolute atomic E-state index is 12.7. The number of ether oxygens (including phenoxy) is 1. The Labute approximate surface area is 178 Å². The van der Waals surface area contributed by atoms with Crippen LogP contribution in [0.1, 0.15) is 0 Å². The third kappa shape index (κ3) is 4.05. The monoisotopic (exact) mass is 440 g/mol. The molecular weight excluding hydrogens is 424 g/mol. The average molecular weight is 440 g/mol. The number of nitrogens with zero attached hydrogens (tertiary/aromatic N) is 2. The van der Waals surface area contributed by atoms with Gasteiger partial charge in [0.2, 0.25) is 0 Å². The number of aliphatic carboxylic acids is 2. The second kappa shape index (κ2) is 8.07. The number of anilines is 1. The van der Waals surface area contributed by atoms with Gasteiger partial charge in [-0.1, -0.05) is 12.1 Å². The molecule has 0 unspecified atom stereocenters. The molecule has 0 atom stereocenters. The molecule has 0 saturated carbocycles. The lowest BCUT2D eigenvalue weighted by molar-refractivity contribution is -0.136. The molecule has 10 heteroatoms. The maximum Gasteiger partial charge on any atom is 0.346 e. The van der Waals surface area contributed by atoms with Crippen molar-refractivity contribution in [1.29, 1.82) is 0 Å². The van der Waals surface area contributed by atoms with Gasteiger partial charge in [-0.15, -0.1) is 11.3 Å². The Morgan fingerprint density at radius 2 is 1.84 bits per heavy atom. The van der Waals surface area contributed by atoms with E-state index in [2.05, 4.69) is 4.98 Å². The topological polar surface area (TPSA) is 130 Å². The molecule has 31 heavy (non-hydrogen) atoms. The van der Waals surface area contributed by atoms with Gasteiger partial charge in [0.1, 0.15) is 29.4 Å². The van der Waals surface area contributed by atoms with Gasteiger partial charge in [0.05, 0.1) is 28.6 Å². The fraction of sp³-hybridized carbons (Fsp3) is 0.143. The minimum Gasteiger partial charge on any atom is -0.495 e. The number of fused-ring (bicyclic) bond motifs is 2. The van der Waals surface area contributed by atoms with Crippen molar-refractivity contribution in [3.05, 3.63) is 52.9 Å². The van der Waals surface area contributed by atoms with Crippen LogP contribution in [0.15, 0.2) is 51.7 Å². The van der Waals surface area contributed by atoms with Crippen LogP contribution in [0.4, 0.5) is 5.69 Å². The highest BCUT2D eigenvalue weighted by atomic mass is 32.1. The summed E-state index contributed by atoms with van der Waals surface area (Å²) in [6.07, 6.45) is 0. The van der Waals surface area contributed by atoms with Gasteiger partial charge in [0.15, 0.2) is 0 Å². The van der Waals surface area contributed by atoms with Crippen LogP contribution < -0.4 is 15.3 Å². The molecule has 0 fully saturated rings. The van der Waals surface area contributed by atoms with Crippen LogP contribution in [0.25, 0.3) is 31.8 Å². The van der Waals surface area contributed by atoms with E-state index in [1.54, 1.807) is 12.1 Å². The zero-order chi connectivity index (χ0) is 22.1. The molecule has 2 aromatic heterocycles. The summed E-state index contributed by atoms with van der Waals surface area (Å²) in [5, 5.41) is 19.3. The summed E-state index contributed by atoms with van der Waals surface area (Å²) in [6, 6.07) is 12.1. The molecule has 2 N–H and O–H groups in total. The van der Waals surface area contributed by atoms with E-state index in [-0.39, 0.29) is 22.6 Å². The number of hydrogen-bond donors (Lipinski definition) is 2. The summed E-state index contributed by atoms with van der Waals surface area (Å²) in [4.78, 5) is 40.7. The molecule has 2 heterocycles. The Balaban J connectivity index is 1.85. The summed E-state index contributed by atoms with van der Waals surface area (Å²) < 4.78 is 11.8. The minimum atomic E-state index is -1.21. The highest BCUT2D eigenvalue weighted by molar-refractivity contribution is 7.21. The lowest BCUT2D eigenvalue weighted by atomic mass is 10.1. The van der Waals surface area contributed by atoms with Crippen molar-refractivity contribution in [3.63, 3.8) is 0 Å². The van der Waals surface area contributed by atoms with Crippen LogP contribution in [-0.4, -0.2) is 47.3 Å². The Morgan fingerprint density at radius 3 is 2.48 bits per heavy atom. The molecule has 9 nitrogen and oxygen atoms in total. The first-order chi connectivity index (χ1) is 14.9. The largest absolute Gasteiger partial charge is 0.495 e. The standard InChI is InChI=1S/C21H16N2O7S/c1-29-16-7-11-6-12(20-22-13-4-2-3-5-17(13)31-20)21(28)30-15(11)8-14(16)23(9-18(24)25)10-19(26)27/h2-8H,9-10H2,1H3,(H,24,25)(H,26,27). The Kier molecular flexibility index (Phi) is 5.30. The average Bonchev–Trinajstić information content (AvgIpc) is 3.15. The van der Waals surface area contributed by atoms with Gasteiger partial charge in [-0.2, -0.15) is 0 Å². The van der Waals surface area contributed by atoms with Crippen LogP contribution in [0.5, 0.6) is 5.75 Å². The normalized spacial score (nSPS) is 11.0. The van der Waals surface area contributed by atoms with Crippen molar-refractivity contribution in [2.75, 3.05) is 25.1 Å². The van der Waals surface area contributed by atoms with Gasteiger partial charge < -0.3 is 24.3 Å². The van der Waals surface area contributed by atoms with Crippen LogP contribution in [0.3, 0.4) is 0 Å². The maximum atomic E-state index is 12.7. The smallest absolute Gasteiger partial charge is 0.346 e. The molecule has 0 amide bonds. The van der Waals surface area contributed by atoms with Gasteiger partial charge in [0.25, 0.3) is 0 Å². The number of methoxy groups -OCH3 is 1. The van der Waals surface area contributed by atoms with Gasteiger partial charge in [-0.05, 0) is 24.3 Å².